The number of benzene rings is 1. The Balaban J connectivity index is 1.96. The van der Waals surface area contributed by atoms with Gasteiger partial charge in [-0.25, -0.2) is 9.67 Å². The van der Waals surface area contributed by atoms with E-state index >= 15 is 0 Å². The Labute approximate surface area is 159 Å². The molecule has 0 atom stereocenters. The van der Waals surface area contributed by atoms with Gasteiger partial charge in [-0.2, -0.15) is 5.10 Å². The third-order valence-corrected chi connectivity index (χ3v) is 4.54. The molecule has 0 fully saturated rings. The number of carbonyl (C=O) groups is 1. The number of rotatable bonds is 6. The summed E-state index contributed by atoms with van der Waals surface area (Å²) in [6.07, 6.45) is 1.73. The second-order valence-corrected chi connectivity index (χ2v) is 7.16. The van der Waals surface area contributed by atoms with Crippen molar-refractivity contribution in [3.63, 3.8) is 0 Å². The van der Waals surface area contributed by atoms with E-state index < -0.39 is 0 Å². The minimum absolute atomic E-state index is 0.140. The molecule has 1 aromatic carbocycles. The predicted octanol–water partition coefficient (Wildman–Crippen LogP) is 4.07. The van der Waals surface area contributed by atoms with Crippen LogP contribution in [0, 0.1) is 0 Å². The highest BCUT2D eigenvalue weighted by Crippen LogP contribution is 2.24. The third-order valence-electron chi connectivity index (χ3n) is 4.54. The summed E-state index contributed by atoms with van der Waals surface area (Å²) in [4.78, 5) is 17.7. The van der Waals surface area contributed by atoms with Gasteiger partial charge in [0.25, 0.3) is 5.91 Å². The molecule has 3 aromatic rings. The van der Waals surface area contributed by atoms with E-state index in [1.165, 1.54) is 0 Å². The molecule has 0 aliphatic carbocycles. The first kappa shape index (κ1) is 18.9. The van der Waals surface area contributed by atoms with E-state index in [9.17, 15) is 4.79 Å². The van der Waals surface area contributed by atoms with Crippen molar-refractivity contribution >= 4 is 16.9 Å². The number of amides is 1. The largest absolute Gasteiger partial charge is 0.496 e. The smallest absolute Gasteiger partial charge is 0.252 e. The molecule has 6 heteroatoms. The molecule has 0 aliphatic rings. The van der Waals surface area contributed by atoms with Gasteiger partial charge in [0.2, 0.25) is 0 Å². The van der Waals surface area contributed by atoms with E-state index in [2.05, 4.69) is 38.1 Å². The summed E-state index contributed by atoms with van der Waals surface area (Å²) < 4.78 is 7.22. The van der Waals surface area contributed by atoms with E-state index in [1.54, 1.807) is 13.3 Å². The van der Waals surface area contributed by atoms with Gasteiger partial charge in [0.15, 0.2) is 5.65 Å². The third kappa shape index (κ3) is 3.79. The van der Waals surface area contributed by atoms with Crippen LogP contribution in [0.1, 0.15) is 61.3 Å². The molecule has 0 saturated carbocycles. The van der Waals surface area contributed by atoms with Gasteiger partial charge in [0.1, 0.15) is 5.75 Å². The van der Waals surface area contributed by atoms with Crippen LogP contribution in [-0.2, 0) is 6.54 Å². The number of fused-ring (bicyclic) bond motifs is 1. The fourth-order valence-corrected chi connectivity index (χ4v) is 3.02. The number of methoxy groups -OCH3 is 1. The Morgan fingerprint density at radius 2 is 1.96 bits per heavy atom. The molecule has 2 heterocycles. The first-order valence-corrected chi connectivity index (χ1v) is 9.20. The number of carbonyl (C=O) groups excluding carboxylic acids is 1. The lowest BCUT2D eigenvalue weighted by molar-refractivity contribution is 0.0952. The molecule has 6 nitrogen and oxygen atoms in total. The number of ether oxygens (including phenoxy) is 1. The van der Waals surface area contributed by atoms with Crippen LogP contribution in [0.4, 0.5) is 0 Å². The Kier molecular flexibility index (Phi) is 5.44. The van der Waals surface area contributed by atoms with Crippen molar-refractivity contribution in [3.8, 4) is 5.75 Å². The van der Waals surface area contributed by atoms with E-state index in [0.717, 1.165) is 28.0 Å². The summed E-state index contributed by atoms with van der Waals surface area (Å²) in [5.74, 6) is 0.831. The van der Waals surface area contributed by atoms with Crippen molar-refractivity contribution < 1.29 is 9.53 Å². The maximum absolute atomic E-state index is 13.0. The van der Waals surface area contributed by atoms with Crippen molar-refractivity contribution in [2.45, 2.75) is 46.2 Å². The molecule has 0 unspecified atom stereocenters. The quantitative estimate of drug-likeness (QED) is 0.714. The Bertz CT molecular complexity index is 960. The van der Waals surface area contributed by atoms with Gasteiger partial charge in [-0.05, 0) is 31.9 Å². The molecule has 142 valence electrons. The van der Waals surface area contributed by atoms with Crippen molar-refractivity contribution in [1.82, 2.24) is 20.1 Å². The Hall–Kier alpha value is -2.89. The van der Waals surface area contributed by atoms with E-state index in [0.29, 0.717) is 12.1 Å². The maximum atomic E-state index is 13.0. The minimum Gasteiger partial charge on any atom is -0.496 e. The SMILES string of the molecule is COc1ccccc1CNC(=O)c1cc(C(C)C)nc2c1cnn2C(C)C. The van der Waals surface area contributed by atoms with E-state index in [1.807, 2.05) is 35.0 Å². The molecule has 0 aliphatic heterocycles. The van der Waals surface area contributed by atoms with Crippen molar-refractivity contribution in [2.24, 2.45) is 0 Å². The molecule has 0 saturated heterocycles. The summed E-state index contributed by atoms with van der Waals surface area (Å²) in [6, 6.07) is 9.70. The van der Waals surface area contributed by atoms with Crippen LogP contribution in [0.5, 0.6) is 5.75 Å². The highest BCUT2D eigenvalue weighted by atomic mass is 16.5. The van der Waals surface area contributed by atoms with Gasteiger partial charge in [0.05, 0.1) is 24.3 Å². The lowest BCUT2D eigenvalue weighted by atomic mass is 10.0. The summed E-state index contributed by atoms with van der Waals surface area (Å²) in [6.45, 7) is 8.64. The summed E-state index contributed by atoms with van der Waals surface area (Å²) in [5.41, 5.74) is 3.16. The maximum Gasteiger partial charge on any atom is 0.252 e. The summed E-state index contributed by atoms with van der Waals surface area (Å²) >= 11 is 0. The Morgan fingerprint density at radius 3 is 2.63 bits per heavy atom. The molecule has 0 radical (unpaired) electrons. The van der Waals surface area contributed by atoms with Crippen molar-refractivity contribution in [3.05, 3.63) is 53.3 Å². The molecule has 2 aromatic heterocycles. The predicted molar refractivity (Wildman–Crippen MR) is 106 cm³/mol. The lowest BCUT2D eigenvalue weighted by Crippen LogP contribution is -2.23. The molecular formula is C21H26N4O2. The number of para-hydroxylation sites is 1. The van der Waals surface area contributed by atoms with Crippen LogP contribution >= 0.6 is 0 Å². The van der Waals surface area contributed by atoms with Gasteiger partial charge in [0, 0.05) is 23.8 Å². The van der Waals surface area contributed by atoms with Gasteiger partial charge >= 0.3 is 0 Å². The molecule has 0 spiro atoms. The topological polar surface area (TPSA) is 69.0 Å². The summed E-state index contributed by atoms with van der Waals surface area (Å²) in [7, 11) is 1.63. The monoisotopic (exact) mass is 366 g/mol. The second-order valence-electron chi connectivity index (χ2n) is 7.16. The molecule has 1 N–H and O–H groups in total. The van der Waals surface area contributed by atoms with Gasteiger partial charge in [-0.15, -0.1) is 0 Å². The van der Waals surface area contributed by atoms with Crippen molar-refractivity contribution in [1.29, 1.82) is 0 Å². The summed E-state index contributed by atoms with van der Waals surface area (Å²) in [5, 5.41) is 8.21. The van der Waals surface area contributed by atoms with Gasteiger partial charge in [-0.3, -0.25) is 4.79 Å². The number of hydrogen-bond donors (Lipinski definition) is 1. The van der Waals surface area contributed by atoms with Crippen LogP contribution in [0.25, 0.3) is 11.0 Å². The fraction of sp³-hybridized carbons (Fsp3) is 0.381. The number of hydrogen-bond acceptors (Lipinski definition) is 4. The number of nitrogens with one attached hydrogen (secondary N) is 1. The highest BCUT2D eigenvalue weighted by Gasteiger charge is 2.19. The molecule has 1 amide bonds. The Morgan fingerprint density at radius 1 is 1.22 bits per heavy atom. The highest BCUT2D eigenvalue weighted by molar-refractivity contribution is 6.05. The van der Waals surface area contributed by atoms with E-state index in [4.69, 9.17) is 9.72 Å². The molecule has 0 bridgehead atoms. The zero-order valence-corrected chi connectivity index (χ0v) is 16.5. The average molecular weight is 366 g/mol. The second kappa shape index (κ2) is 7.78. The zero-order chi connectivity index (χ0) is 19.6. The van der Waals surface area contributed by atoms with Crippen LogP contribution in [-0.4, -0.2) is 27.8 Å². The molecule has 3 rings (SSSR count). The van der Waals surface area contributed by atoms with E-state index in [-0.39, 0.29) is 17.9 Å². The van der Waals surface area contributed by atoms with Crippen LogP contribution < -0.4 is 10.1 Å². The van der Waals surface area contributed by atoms with Gasteiger partial charge < -0.3 is 10.1 Å². The first-order valence-electron chi connectivity index (χ1n) is 9.20. The number of aromatic nitrogens is 3. The number of nitrogens with zero attached hydrogens (tertiary/aromatic N) is 3. The average Bonchev–Trinajstić information content (AvgIpc) is 3.09. The first-order chi connectivity index (χ1) is 12.9. The lowest BCUT2D eigenvalue weighted by Gasteiger charge is -2.13. The molecular weight excluding hydrogens is 340 g/mol. The van der Waals surface area contributed by atoms with Crippen LogP contribution in [0.15, 0.2) is 36.5 Å². The number of pyridine rings is 1. The zero-order valence-electron chi connectivity index (χ0n) is 16.5. The fourth-order valence-electron chi connectivity index (χ4n) is 3.02. The van der Waals surface area contributed by atoms with Gasteiger partial charge in [-0.1, -0.05) is 32.0 Å². The van der Waals surface area contributed by atoms with Crippen LogP contribution in [0.2, 0.25) is 0 Å². The van der Waals surface area contributed by atoms with Crippen LogP contribution in [0.3, 0.4) is 0 Å². The minimum atomic E-state index is -0.140. The molecule has 27 heavy (non-hydrogen) atoms. The normalized spacial score (nSPS) is 11.4. The van der Waals surface area contributed by atoms with Crippen molar-refractivity contribution in [2.75, 3.05) is 7.11 Å². The standard InChI is InChI=1S/C21H26N4O2/c1-13(2)18-10-16(17-12-23-25(14(3)4)20(17)24-18)21(26)22-11-15-8-6-7-9-19(15)27-5/h6-10,12-14H,11H2,1-5H3,(H,22,26).